The molecule has 0 bridgehead atoms. The largest absolute Gasteiger partial charge is 0.464 e. The lowest BCUT2D eigenvalue weighted by atomic mass is 10.1. The molecule has 29 heavy (non-hydrogen) atoms. The zero-order valence-corrected chi connectivity index (χ0v) is 15.6. The van der Waals surface area contributed by atoms with E-state index in [1.807, 2.05) is 54.6 Å². The minimum Gasteiger partial charge on any atom is -0.464 e. The fourth-order valence-electron chi connectivity index (χ4n) is 2.90. The van der Waals surface area contributed by atoms with Gasteiger partial charge in [-0.15, -0.1) is 5.10 Å². The monoisotopic (exact) mass is 387 g/mol. The molecule has 0 spiro atoms. The smallest absolute Gasteiger partial charge is 0.360 e. The van der Waals surface area contributed by atoms with Crippen LogP contribution in [0.4, 0.5) is 0 Å². The number of hydrogen-bond acceptors (Lipinski definition) is 6. The Morgan fingerprint density at radius 3 is 2.31 bits per heavy atom. The van der Waals surface area contributed by atoms with Crippen LogP contribution in [0.2, 0.25) is 0 Å². The fraction of sp³-hybridized carbons (Fsp3) is 0.0909. The standard InChI is InChI=1S/C22H17N3O4/c1-28-22(27)19-14-25(24-23-19)13-15-7-9-17(10-8-15)21-12-18(26)11-20(29-21)16-5-3-2-4-6-16/h2-12,14H,13H2,1H3. The zero-order chi connectivity index (χ0) is 20.2. The normalized spacial score (nSPS) is 10.7. The van der Waals surface area contributed by atoms with E-state index in [1.165, 1.54) is 25.4 Å². The third-order valence-electron chi connectivity index (χ3n) is 4.34. The van der Waals surface area contributed by atoms with E-state index in [0.29, 0.717) is 18.1 Å². The predicted octanol–water partition coefficient (Wildman–Crippen LogP) is 3.40. The Bertz CT molecular complexity index is 1190. The Kier molecular flexibility index (Phi) is 5.03. The summed E-state index contributed by atoms with van der Waals surface area (Å²) < 4.78 is 12.1. The van der Waals surface area contributed by atoms with Gasteiger partial charge in [0.1, 0.15) is 11.5 Å². The number of esters is 1. The Balaban J connectivity index is 1.57. The molecule has 0 saturated heterocycles. The van der Waals surface area contributed by atoms with E-state index in [2.05, 4.69) is 15.0 Å². The average molecular weight is 387 g/mol. The van der Waals surface area contributed by atoms with Gasteiger partial charge in [0.15, 0.2) is 11.1 Å². The van der Waals surface area contributed by atoms with Crippen molar-refractivity contribution in [2.24, 2.45) is 0 Å². The maximum Gasteiger partial charge on any atom is 0.360 e. The predicted molar refractivity (Wildman–Crippen MR) is 106 cm³/mol. The van der Waals surface area contributed by atoms with E-state index in [0.717, 1.165) is 16.7 Å². The van der Waals surface area contributed by atoms with Crippen LogP contribution in [-0.2, 0) is 11.3 Å². The summed E-state index contributed by atoms with van der Waals surface area (Å²) >= 11 is 0. The summed E-state index contributed by atoms with van der Waals surface area (Å²) in [5.74, 6) is 0.492. The lowest BCUT2D eigenvalue weighted by Crippen LogP contribution is -2.02. The molecule has 0 radical (unpaired) electrons. The van der Waals surface area contributed by atoms with Crippen LogP contribution in [-0.4, -0.2) is 28.1 Å². The Morgan fingerprint density at radius 1 is 1.00 bits per heavy atom. The van der Waals surface area contributed by atoms with Gasteiger partial charge in [-0.2, -0.15) is 0 Å². The fourth-order valence-corrected chi connectivity index (χ4v) is 2.90. The van der Waals surface area contributed by atoms with Gasteiger partial charge in [-0.1, -0.05) is 59.8 Å². The molecular formula is C22H17N3O4. The minimum atomic E-state index is -0.528. The van der Waals surface area contributed by atoms with Gasteiger partial charge in [0, 0.05) is 23.3 Å². The molecule has 2 heterocycles. The van der Waals surface area contributed by atoms with Gasteiger partial charge < -0.3 is 9.15 Å². The first-order valence-corrected chi connectivity index (χ1v) is 8.91. The Hall–Kier alpha value is -4.00. The van der Waals surface area contributed by atoms with E-state index in [9.17, 15) is 9.59 Å². The first kappa shape index (κ1) is 18.4. The number of aromatic nitrogens is 3. The summed E-state index contributed by atoms with van der Waals surface area (Å²) in [5.41, 5.74) is 2.63. The van der Waals surface area contributed by atoms with Crippen molar-refractivity contribution < 1.29 is 13.9 Å². The minimum absolute atomic E-state index is 0.118. The summed E-state index contributed by atoms with van der Waals surface area (Å²) in [4.78, 5) is 23.6. The number of nitrogens with zero attached hydrogens (tertiary/aromatic N) is 3. The highest BCUT2D eigenvalue weighted by atomic mass is 16.5. The first-order chi connectivity index (χ1) is 14.1. The number of benzene rings is 2. The maximum absolute atomic E-state index is 12.1. The number of carbonyl (C=O) groups is 1. The number of ether oxygens (including phenoxy) is 1. The Labute approximate surface area is 166 Å². The first-order valence-electron chi connectivity index (χ1n) is 8.91. The summed E-state index contributed by atoms with van der Waals surface area (Å²) in [6, 6.07) is 20.0. The van der Waals surface area contributed by atoms with Crippen molar-refractivity contribution in [3.63, 3.8) is 0 Å². The van der Waals surface area contributed by atoms with Crippen molar-refractivity contribution in [1.29, 1.82) is 0 Å². The lowest BCUT2D eigenvalue weighted by Gasteiger charge is -2.06. The molecule has 0 fully saturated rings. The van der Waals surface area contributed by atoms with Crippen LogP contribution in [0.25, 0.3) is 22.6 Å². The molecule has 0 aliphatic heterocycles. The zero-order valence-electron chi connectivity index (χ0n) is 15.6. The van der Waals surface area contributed by atoms with Crippen molar-refractivity contribution in [2.75, 3.05) is 7.11 Å². The van der Waals surface area contributed by atoms with Crippen molar-refractivity contribution in [3.05, 3.63) is 94.4 Å². The van der Waals surface area contributed by atoms with Gasteiger partial charge in [-0.3, -0.25) is 4.79 Å². The second kappa shape index (κ2) is 7.93. The molecule has 7 nitrogen and oxygen atoms in total. The Morgan fingerprint density at radius 2 is 1.66 bits per heavy atom. The number of hydrogen-bond donors (Lipinski definition) is 0. The van der Waals surface area contributed by atoms with Crippen LogP contribution in [0.15, 0.2) is 82.1 Å². The van der Waals surface area contributed by atoms with E-state index < -0.39 is 5.97 Å². The molecular weight excluding hydrogens is 370 g/mol. The van der Waals surface area contributed by atoms with E-state index in [1.54, 1.807) is 4.68 Å². The molecule has 7 heteroatoms. The van der Waals surface area contributed by atoms with Crippen LogP contribution in [0.5, 0.6) is 0 Å². The average Bonchev–Trinajstić information content (AvgIpc) is 3.22. The third-order valence-corrected chi connectivity index (χ3v) is 4.34. The second-order valence-electron chi connectivity index (χ2n) is 6.38. The maximum atomic E-state index is 12.1. The summed E-state index contributed by atoms with van der Waals surface area (Å²) in [6.07, 6.45) is 1.53. The highest BCUT2D eigenvalue weighted by Gasteiger charge is 2.11. The third kappa shape index (κ3) is 4.14. The van der Waals surface area contributed by atoms with E-state index >= 15 is 0 Å². The molecule has 0 aliphatic carbocycles. The van der Waals surface area contributed by atoms with Gasteiger partial charge in [-0.05, 0) is 5.56 Å². The summed E-state index contributed by atoms with van der Waals surface area (Å²) in [7, 11) is 1.30. The molecule has 4 aromatic rings. The van der Waals surface area contributed by atoms with Crippen LogP contribution < -0.4 is 5.43 Å². The van der Waals surface area contributed by atoms with Crippen LogP contribution >= 0.6 is 0 Å². The molecule has 0 atom stereocenters. The van der Waals surface area contributed by atoms with Gasteiger partial charge in [0.25, 0.3) is 0 Å². The summed E-state index contributed by atoms with van der Waals surface area (Å²) in [6.45, 7) is 0.443. The molecule has 0 unspecified atom stereocenters. The van der Waals surface area contributed by atoms with Crippen molar-refractivity contribution in [1.82, 2.24) is 15.0 Å². The number of rotatable bonds is 5. The highest BCUT2D eigenvalue weighted by molar-refractivity contribution is 5.86. The van der Waals surface area contributed by atoms with Gasteiger partial charge in [-0.25, -0.2) is 9.48 Å². The molecule has 2 aromatic carbocycles. The molecule has 2 aromatic heterocycles. The lowest BCUT2D eigenvalue weighted by molar-refractivity contribution is 0.0594. The SMILES string of the molecule is COC(=O)c1cn(Cc2ccc(-c3cc(=O)cc(-c4ccccc4)o3)cc2)nn1. The quantitative estimate of drug-likeness (QED) is 0.488. The molecule has 0 amide bonds. The topological polar surface area (TPSA) is 87.2 Å². The highest BCUT2D eigenvalue weighted by Crippen LogP contribution is 2.25. The molecule has 0 aliphatic rings. The molecule has 0 saturated carbocycles. The molecule has 0 N–H and O–H groups in total. The number of methoxy groups -OCH3 is 1. The van der Waals surface area contributed by atoms with Crippen LogP contribution in [0.3, 0.4) is 0 Å². The molecule has 144 valence electrons. The van der Waals surface area contributed by atoms with Crippen LogP contribution in [0.1, 0.15) is 16.1 Å². The van der Waals surface area contributed by atoms with E-state index in [-0.39, 0.29) is 11.1 Å². The van der Waals surface area contributed by atoms with Gasteiger partial charge in [0.2, 0.25) is 0 Å². The second-order valence-corrected chi connectivity index (χ2v) is 6.38. The van der Waals surface area contributed by atoms with Crippen molar-refractivity contribution >= 4 is 5.97 Å². The van der Waals surface area contributed by atoms with Crippen molar-refractivity contribution in [2.45, 2.75) is 6.54 Å². The van der Waals surface area contributed by atoms with Gasteiger partial charge >= 0.3 is 5.97 Å². The van der Waals surface area contributed by atoms with Crippen molar-refractivity contribution in [3.8, 4) is 22.6 Å². The molecule has 4 rings (SSSR count). The van der Waals surface area contributed by atoms with Gasteiger partial charge in [0.05, 0.1) is 19.9 Å². The van der Waals surface area contributed by atoms with Crippen LogP contribution in [0, 0.1) is 0 Å². The number of carbonyl (C=O) groups excluding carboxylic acids is 1. The van der Waals surface area contributed by atoms with E-state index in [4.69, 9.17) is 4.42 Å². The summed E-state index contributed by atoms with van der Waals surface area (Å²) in [5, 5.41) is 7.71.